The van der Waals surface area contributed by atoms with Gasteiger partial charge in [-0.15, -0.1) is 0 Å². The van der Waals surface area contributed by atoms with Crippen molar-refractivity contribution in [2.75, 3.05) is 39.9 Å². The van der Waals surface area contributed by atoms with Crippen molar-refractivity contribution in [3.8, 4) is 11.5 Å². The molecule has 0 aromatic heterocycles. The summed E-state index contributed by atoms with van der Waals surface area (Å²) in [6.45, 7) is 3.93. The Labute approximate surface area is 190 Å². The van der Waals surface area contributed by atoms with E-state index in [9.17, 15) is 4.79 Å². The predicted molar refractivity (Wildman–Crippen MR) is 117 cm³/mol. The molecular formula is C22H25ClN2O7. The van der Waals surface area contributed by atoms with Crippen LogP contribution < -0.4 is 9.47 Å². The highest BCUT2D eigenvalue weighted by molar-refractivity contribution is 6.31. The standard InChI is InChI=1S/C20H23ClN2O3.C2H2O4/c1-25-17-6-8-18(9-7-17)26-15-20(24)23-12-10-22(11-13-23)14-16-4-2-3-5-19(16)21;3-1(4)2(5)6/h2-9H,10-15H2,1H3;(H,3,4)(H,5,6). The Balaban J connectivity index is 0.000000534. The molecular weight excluding hydrogens is 440 g/mol. The van der Waals surface area contributed by atoms with Crippen molar-refractivity contribution in [2.24, 2.45) is 0 Å². The molecule has 2 N–H and O–H groups in total. The highest BCUT2D eigenvalue weighted by Gasteiger charge is 2.21. The van der Waals surface area contributed by atoms with Crippen LogP contribution in [0.15, 0.2) is 48.5 Å². The summed E-state index contributed by atoms with van der Waals surface area (Å²) < 4.78 is 10.7. The largest absolute Gasteiger partial charge is 0.497 e. The Bertz CT molecular complexity index is 901. The number of carbonyl (C=O) groups is 3. The molecule has 0 spiro atoms. The highest BCUT2D eigenvalue weighted by Crippen LogP contribution is 2.19. The number of benzene rings is 2. The molecule has 2 aromatic carbocycles. The molecule has 9 nitrogen and oxygen atoms in total. The Hall–Kier alpha value is -3.30. The second-order valence-corrected chi connectivity index (χ2v) is 7.23. The topological polar surface area (TPSA) is 117 Å². The number of ether oxygens (including phenoxy) is 2. The number of halogens is 1. The van der Waals surface area contributed by atoms with Gasteiger partial charge in [-0.25, -0.2) is 9.59 Å². The van der Waals surface area contributed by atoms with E-state index >= 15 is 0 Å². The summed E-state index contributed by atoms with van der Waals surface area (Å²) in [6, 6.07) is 15.1. The summed E-state index contributed by atoms with van der Waals surface area (Å²) in [4.78, 5) is 34.7. The van der Waals surface area contributed by atoms with E-state index < -0.39 is 11.9 Å². The predicted octanol–water partition coefficient (Wildman–Crippen LogP) is 2.23. The van der Waals surface area contributed by atoms with Crippen LogP contribution in [0.2, 0.25) is 5.02 Å². The molecule has 1 fully saturated rings. The van der Waals surface area contributed by atoms with Crippen LogP contribution in [0.4, 0.5) is 0 Å². The number of piperazine rings is 1. The van der Waals surface area contributed by atoms with Crippen molar-refractivity contribution in [3.63, 3.8) is 0 Å². The van der Waals surface area contributed by atoms with E-state index in [2.05, 4.69) is 4.90 Å². The smallest absolute Gasteiger partial charge is 0.414 e. The lowest BCUT2D eigenvalue weighted by Crippen LogP contribution is -2.49. The van der Waals surface area contributed by atoms with E-state index in [1.165, 1.54) is 0 Å². The summed E-state index contributed by atoms with van der Waals surface area (Å²) in [7, 11) is 1.62. The highest BCUT2D eigenvalue weighted by atomic mass is 35.5. The summed E-state index contributed by atoms with van der Waals surface area (Å²) >= 11 is 6.23. The van der Waals surface area contributed by atoms with Gasteiger partial charge in [0, 0.05) is 37.7 Å². The lowest BCUT2D eigenvalue weighted by atomic mass is 10.2. The van der Waals surface area contributed by atoms with Gasteiger partial charge in [0.1, 0.15) is 11.5 Å². The zero-order valence-corrected chi connectivity index (χ0v) is 18.3. The lowest BCUT2D eigenvalue weighted by molar-refractivity contribution is -0.159. The first-order chi connectivity index (χ1) is 15.3. The average molecular weight is 465 g/mol. The fraction of sp³-hybridized carbons (Fsp3) is 0.318. The normalized spacial score (nSPS) is 13.5. The Morgan fingerprint density at radius 2 is 1.47 bits per heavy atom. The number of carbonyl (C=O) groups excluding carboxylic acids is 1. The van der Waals surface area contributed by atoms with Crippen LogP contribution in [0, 0.1) is 0 Å². The van der Waals surface area contributed by atoms with Crippen molar-refractivity contribution in [1.82, 2.24) is 9.80 Å². The second kappa shape index (κ2) is 12.5. The fourth-order valence-electron chi connectivity index (χ4n) is 2.93. The summed E-state index contributed by atoms with van der Waals surface area (Å²) in [5.41, 5.74) is 1.12. The maximum absolute atomic E-state index is 12.4. The first-order valence-corrected chi connectivity index (χ1v) is 10.1. The van der Waals surface area contributed by atoms with E-state index in [4.69, 9.17) is 40.9 Å². The van der Waals surface area contributed by atoms with Gasteiger partial charge in [-0.05, 0) is 35.9 Å². The zero-order chi connectivity index (χ0) is 23.5. The second-order valence-electron chi connectivity index (χ2n) is 6.82. The van der Waals surface area contributed by atoms with Gasteiger partial charge in [0.15, 0.2) is 6.61 Å². The first-order valence-electron chi connectivity index (χ1n) is 9.76. The first kappa shape index (κ1) is 25.0. The van der Waals surface area contributed by atoms with Crippen molar-refractivity contribution in [3.05, 3.63) is 59.1 Å². The number of aliphatic carboxylic acids is 2. The molecule has 3 rings (SSSR count). The van der Waals surface area contributed by atoms with Crippen LogP contribution >= 0.6 is 11.6 Å². The van der Waals surface area contributed by atoms with Gasteiger partial charge >= 0.3 is 11.9 Å². The molecule has 0 bridgehead atoms. The van der Waals surface area contributed by atoms with E-state index in [0.29, 0.717) is 18.8 Å². The molecule has 0 radical (unpaired) electrons. The molecule has 1 heterocycles. The van der Waals surface area contributed by atoms with Gasteiger partial charge in [0.2, 0.25) is 0 Å². The molecule has 172 valence electrons. The molecule has 1 amide bonds. The number of amides is 1. The van der Waals surface area contributed by atoms with Crippen LogP contribution in [-0.2, 0) is 20.9 Å². The number of hydrogen-bond acceptors (Lipinski definition) is 6. The van der Waals surface area contributed by atoms with Crippen LogP contribution in [0.25, 0.3) is 0 Å². The SMILES string of the molecule is COc1ccc(OCC(=O)N2CCN(Cc3ccccc3Cl)CC2)cc1.O=C(O)C(=O)O. The summed E-state index contributed by atoms with van der Waals surface area (Å²) in [5.74, 6) is -2.21. The molecule has 32 heavy (non-hydrogen) atoms. The number of methoxy groups -OCH3 is 1. The molecule has 1 aliphatic rings. The quantitative estimate of drug-likeness (QED) is 0.625. The monoisotopic (exact) mass is 464 g/mol. The zero-order valence-electron chi connectivity index (χ0n) is 17.6. The average Bonchev–Trinajstić information content (AvgIpc) is 2.80. The number of rotatable bonds is 6. The molecule has 1 saturated heterocycles. The minimum atomic E-state index is -1.82. The van der Waals surface area contributed by atoms with Gasteiger partial charge < -0.3 is 24.6 Å². The molecule has 0 atom stereocenters. The molecule has 0 saturated carbocycles. The Morgan fingerprint density at radius 3 is 2.00 bits per heavy atom. The molecule has 2 aromatic rings. The van der Waals surface area contributed by atoms with Crippen molar-refractivity contribution >= 4 is 29.4 Å². The van der Waals surface area contributed by atoms with E-state index in [-0.39, 0.29) is 12.5 Å². The van der Waals surface area contributed by atoms with Gasteiger partial charge in [-0.3, -0.25) is 9.69 Å². The molecule has 0 aliphatic carbocycles. The lowest BCUT2D eigenvalue weighted by Gasteiger charge is -2.34. The van der Waals surface area contributed by atoms with E-state index in [0.717, 1.165) is 36.0 Å². The minimum absolute atomic E-state index is 0.0122. The maximum Gasteiger partial charge on any atom is 0.414 e. The minimum Gasteiger partial charge on any atom is -0.497 e. The number of carboxylic acid groups (broad SMARTS) is 2. The fourth-order valence-corrected chi connectivity index (χ4v) is 3.13. The molecule has 0 unspecified atom stereocenters. The van der Waals surface area contributed by atoms with Gasteiger partial charge in [0.05, 0.1) is 7.11 Å². The molecule has 1 aliphatic heterocycles. The van der Waals surface area contributed by atoms with Gasteiger partial charge in [0.25, 0.3) is 5.91 Å². The van der Waals surface area contributed by atoms with Crippen molar-refractivity contribution in [2.45, 2.75) is 6.54 Å². The van der Waals surface area contributed by atoms with Crippen LogP contribution in [-0.4, -0.2) is 77.8 Å². The van der Waals surface area contributed by atoms with Crippen molar-refractivity contribution in [1.29, 1.82) is 0 Å². The third-order valence-electron chi connectivity index (χ3n) is 4.68. The summed E-state index contributed by atoms with van der Waals surface area (Å²) in [6.07, 6.45) is 0. The van der Waals surface area contributed by atoms with Crippen LogP contribution in [0.5, 0.6) is 11.5 Å². The van der Waals surface area contributed by atoms with Crippen LogP contribution in [0.1, 0.15) is 5.56 Å². The summed E-state index contributed by atoms with van der Waals surface area (Å²) in [5, 5.41) is 15.6. The van der Waals surface area contributed by atoms with E-state index in [1.807, 2.05) is 41.3 Å². The van der Waals surface area contributed by atoms with Gasteiger partial charge in [-0.2, -0.15) is 0 Å². The number of carboxylic acids is 2. The Morgan fingerprint density at radius 1 is 0.906 bits per heavy atom. The number of hydrogen-bond donors (Lipinski definition) is 2. The molecule has 10 heteroatoms. The third kappa shape index (κ3) is 8.09. The Kier molecular flexibility index (Phi) is 9.77. The third-order valence-corrected chi connectivity index (χ3v) is 5.05. The maximum atomic E-state index is 12.4. The van der Waals surface area contributed by atoms with E-state index in [1.54, 1.807) is 19.2 Å². The van der Waals surface area contributed by atoms with Crippen molar-refractivity contribution < 1.29 is 34.1 Å². The van der Waals surface area contributed by atoms with Gasteiger partial charge in [-0.1, -0.05) is 29.8 Å². The number of nitrogens with zero attached hydrogens (tertiary/aromatic N) is 2. The van der Waals surface area contributed by atoms with Crippen LogP contribution in [0.3, 0.4) is 0 Å².